The normalized spacial score (nSPS) is 22.9. The Balaban J connectivity index is 1.90. The third-order valence-electron chi connectivity index (χ3n) is 3.00. The molecule has 2 unspecified atom stereocenters. The van der Waals surface area contributed by atoms with Gasteiger partial charge >= 0.3 is 0 Å². The Labute approximate surface area is 95.2 Å². The zero-order valence-corrected chi connectivity index (χ0v) is 9.73. The van der Waals surface area contributed by atoms with E-state index in [0.29, 0.717) is 19.0 Å². The summed E-state index contributed by atoms with van der Waals surface area (Å²) in [5.41, 5.74) is 0. The summed E-state index contributed by atoms with van der Waals surface area (Å²) in [7, 11) is 1.99. The summed E-state index contributed by atoms with van der Waals surface area (Å²) in [5, 5.41) is 6.35. The van der Waals surface area contributed by atoms with E-state index in [1.165, 1.54) is 0 Å². The average molecular weight is 222 g/mol. The first-order valence-corrected chi connectivity index (χ1v) is 5.67. The van der Waals surface area contributed by atoms with Gasteiger partial charge in [-0.25, -0.2) is 4.98 Å². The van der Waals surface area contributed by atoms with Crippen LogP contribution in [0.1, 0.15) is 31.6 Å². The van der Waals surface area contributed by atoms with Gasteiger partial charge in [0, 0.05) is 38.4 Å². The molecule has 1 saturated heterocycles. The van der Waals surface area contributed by atoms with Crippen LogP contribution < -0.4 is 10.6 Å². The molecule has 1 amide bonds. The number of carbonyl (C=O) groups excluding carboxylic acids is 1. The summed E-state index contributed by atoms with van der Waals surface area (Å²) in [6.45, 7) is 2.81. The van der Waals surface area contributed by atoms with Crippen LogP contribution in [-0.2, 0) is 11.8 Å². The molecule has 1 aromatic rings. The number of imidazole rings is 1. The number of nitrogens with zero attached hydrogens (tertiary/aromatic N) is 2. The molecule has 5 heteroatoms. The van der Waals surface area contributed by atoms with Crippen LogP contribution in [0, 0.1) is 0 Å². The molecule has 0 spiro atoms. The van der Waals surface area contributed by atoms with E-state index in [1.807, 2.05) is 17.8 Å². The van der Waals surface area contributed by atoms with Gasteiger partial charge in [0.1, 0.15) is 5.82 Å². The number of rotatable bonds is 3. The number of hydrogen-bond donors (Lipinski definition) is 2. The smallest absolute Gasteiger partial charge is 0.220 e. The number of hydrogen-bond acceptors (Lipinski definition) is 3. The molecule has 2 N–H and O–H groups in total. The van der Waals surface area contributed by atoms with Crippen molar-refractivity contribution in [3.05, 3.63) is 18.2 Å². The third-order valence-corrected chi connectivity index (χ3v) is 3.00. The lowest BCUT2D eigenvalue weighted by atomic mass is 10.1. The minimum Gasteiger partial charge on any atom is -0.355 e. The molecule has 0 aromatic carbocycles. The second-order valence-electron chi connectivity index (χ2n) is 4.32. The van der Waals surface area contributed by atoms with Crippen molar-refractivity contribution >= 4 is 5.91 Å². The van der Waals surface area contributed by atoms with Gasteiger partial charge in [-0.1, -0.05) is 0 Å². The second-order valence-corrected chi connectivity index (χ2v) is 4.32. The maximum atomic E-state index is 11.0. The molecule has 16 heavy (non-hydrogen) atoms. The zero-order chi connectivity index (χ0) is 11.5. The number of aryl methyl sites for hydroxylation is 1. The Morgan fingerprint density at radius 2 is 2.50 bits per heavy atom. The van der Waals surface area contributed by atoms with Crippen LogP contribution in [0.2, 0.25) is 0 Å². The van der Waals surface area contributed by atoms with Gasteiger partial charge in [0.25, 0.3) is 0 Å². The molecule has 1 aromatic heterocycles. The number of nitrogens with one attached hydrogen (secondary N) is 2. The SMILES string of the molecule is CC(NC1CCC(=O)NC1)c1nccn1C. The van der Waals surface area contributed by atoms with Gasteiger partial charge in [-0.15, -0.1) is 0 Å². The van der Waals surface area contributed by atoms with Gasteiger partial charge in [0.15, 0.2) is 0 Å². The molecule has 1 aliphatic rings. The lowest BCUT2D eigenvalue weighted by Crippen LogP contribution is -2.46. The van der Waals surface area contributed by atoms with Crippen LogP contribution in [-0.4, -0.2) is 28.0 Å². The van der Waals surface area contributed by atoms with E-state index < -0.39 is 0 Å². The van der Waals surface area contributed by atoms with E-state index in [0.717, 1.165) is 12.2 Å². The molecule has 1 aliphatic heterocycles. The lowest BCUT2D eigenvalue weighted by Gasteiger charge is -2.26. The molecule has 0 bridgehead atoms. The summed E-state index contributed by atoms with van der Waals surface area (Å²) < 4.78 is 2.01. The molecule has 5 nitrogen and oxygen atoms in total. The Bertz CT molecular complexity index is 364. The van der Waals surface area contributed by atoms with Gasteiger partial charge in [-0.3, -0.25) is 4.79 Å². The van der Waals surface area contributed by atoms with Crippen LogP contribution in [0.4, 0.5) is 0 Å². The standard InChI is InChI=1S/C11H18N4O/c1-8(11-12-5-6-15(11)2)14-9-3-4-10(16)13-7-9/h5-6,8-9,14H,3-4,7H2,1-2H3,(H,13,16). The van der Waals surface area contributed by atoms with Crippen molar-refractivity contribution < 1.29 is 4.79 Å². The molecule has 88 valence electrons. The highest BCUT2D eigenvalue weighted by Gasteiger charge is 2.20. The second kappa shape index (κ2) is 4.65. The Hall–Kier alpha value is -1.36. The summed E-state index contributed by atoms with van der Waals surface area (Å²) in [5.74, 6) is 1.18. The van der Waals surface area contributed by atoms with Crippen LogP contribution >= 0.6 is 0 Å². The summed E-state index contributed by atoms with van der Waals surface area (Å²) >= 11 is 0. The van der Waals surface area contributed by atoms with E-state index in [9.17, 15) is 4.79 Å². The van der Waals surface area contributed by atoms with Gasteiger partial charge < -0.3 is 15.2 Å². The molecule has 2 atom stereocenters. The van der Waals surface area contributed by atoms with Crippen LogP contribution in [0.25, 0.3) is 0 Å². The summed E-state index contributed by atoms with van der Waals surface area (Å²) in [6, 6.07) is 0.560. The van der Waals surface area contributed by atoms with E-state index in [4.69, 9.17) is 0 Å². The topological polar surface area (TPSA) is 59.0 Å². The highest BCUT2D eigenvalue weighted by Crippen LogP contribution is 2.12. The van der Waals surface area contributed by atoms with Gasteiger partial charge in [0.2, 0.25) is 5.91 Å². The van der Waals surface area contributed by atoms with Gasteiger partial charge in [-0.05, 0) is 13.3 Å². The molecule has 0 aliphatic carbocycles. The lowest BCUT2D eigenvalue weighted by molar-refractivity contribution is -0.122. The molecule has 1 fully saturated rings. The first-order valence-electron chi connectivity index (χ1n) is 5.67. The fourth-order valence-corrected chi connectivity index (χ4v) is 2.10. The quantitative estimate of drug-likeness (QED) is 0.776. The Kier molecular flexibility index (Phi) is 3.24. The molecular weight excluding hydrogens is 204 g/mol. The van der Waals surface area contributed by atoms with Crippen molar-refractivity contribution in [3.8, 4) is 0 Å². The predicted molar refractivity (Wildman–Crippen MR) is 60.8 cm³/mol. The predicted octanol–water partition coefficient (Wildman–Crippen LogP) is 0.349. The largest absolute Gasteiger partial charge is 0.355 e. The number of aromatic nitrogens is 2. The average Bonchev–Trinajstić information content (AvgIpc) is 2.68. The fourth-order valence-electron chi connectivity index (χ4n) is 2.10. The summed E-state index contributed by atoms with van der Waals surface area (Å²) in [4.78, 5) is 15.3. The molecule has 2 heterocycles. The highest BCUT2D eigenvalue weighted by molar-refractivity contribution is 5.76. The van der Waals surface area contributed by atoms with Crippen molar-refractivity contribution in [1.82, 2.24) is 20.2 Å². The van der Waals surface area contributed by atoms with E-state index in [-0.39, 0.29) is 11.9 Å². The first kappa shape index (κ1) is 11.1. The van der Waals surface area contributed by atoms with E-state index in [1.54, 1.807) is 6.20 Å². The van der Waals surface area contributed by atoms with Crippen molar-refractivity contribution in [2.75, 3.05) is 6.54 Å². The maximum Gasteiger partial charge on any atom is 0.220 e. The Morgan fingerprint density at radius 1 is 1.69 bits per heavy atom. The molecule has 2 rings (SSSR count). The third kappa shape index (κ3) is 2.41. The van der Waals surface area contributed by atoms with E-state index >= 15 is 0 Å². The Morgan fingerprint density at radius 3 is 3.06 bits per heavy atom. The monoisotopic (exact) mass is 222 g/mol. The molecule has 0 saturated carbocycles. The van der Waals surface area contributed by atoms with E-state index in [2.05, 4.69) is 22.5 Å². The van der Waals surface area contributed by atoms with Gasteiger partial charge in [-0.2, -0.15) is 0 Å². The first-order chi connectivity index (χ1) is 7.66. The molecular formula is C11H18N4O. The fraction of sp³-hybridized carbons (Fsp3) is 0.636. The minimum absolute atomic E-state index is 0.155. The minimum atomic E-state index is 0.155. The van der Waals surface area contributed by atoms with Crippen molar-refractivity contribution in [2.24, 2.45) is 7.05 Å². The zero-order valence-electron chi connectivity index (χ0n) is 9.73. The van der Waals surface area contributed by atoms with Crippen LogP contribution in [0.3, 0.4) is 0 Å². The molecule has 0 radical (unpaired) electrons. The highest BCUT2D eigenvalue weighted by atomic mass is 16.1. The number of carbonyl (C=O) groups is 1. The number of piperidine rings is 1. The summed E-state index contributed by atoms with van der Waals surface area (Å²) in [6.07, 6.45) is 5.26. The maximum absolute atomic E-state index is 11.0. The van der Waals surface area contributed by atoms with Crippen molar-refractivity contribution in [2.45, 2.75) is 31.8 Å². The van der Waals surface area contributed by atoms with Crippen molar-refractivity contribution in [1.29, 1.82) is 0 Å². The van der Waals surface area contributed by atoms with Gasteiger partial charge in [0.05, 0.1) is 6.04 Å². The number of amides is 1. The van der Waals surface area contributed by atoms with Crippen LogP contribution in [0.5, 0.6) is 0 Å². The van der Waals surface area contributed by atoms with Crippen molar-refractivity contribution in [3.63, 3.8) is 0 Å². The van der Waals surface area contributed by atoms with Crippen LogP contribution in [0.15, 0.2) is 12.4 Å².